The van der Waals surface area contributed by atoms with E-state index in [1.807, 2.05) is 25.7 Å². The zero-order chi connectivity index (χ0) is 23.8. The van der Waals surface area contributed by atoms with E-state index in [-0.39, 0.29) is 17.0 Å². The quantitative estimate of drug-likeness (QED) is 0.676. The van der Waals surface area contributed by atoms with Crippen LogP contribution in [-0.4, -0.2) is 81.8 Å². The van der Waals surface area contributed by atoms with E-state index in [2.05, 4.69) is 41.3 Å². The summed E-state index contributed by atoms with van der Waals surface area (Å²) in [6.45, 7) is 16.2. The Labute approximate surface area is 197 Å². The third-order valence-electron chi connectivity index (χ3n) is 8.11. The lowest BCUT2D eigenvalue weighted by atomic mass is 9.61. The summed E-state index contributed by atoms with van der Waals surface area (Å²) in [6.07, 6.45) is 3.41. The molecule has 1 aromatic heterocycles. The molecule has 4 fully saturated rings. The van der Waals surface area contributed by atoms with Crippen molar-refractivity contribution in [2.24, 2.45) is 5.41 Å². The van der Waals surface area contributed by atoms with Gasteiger partial charge < -0.3 is 14.5 Å². The first kappa shape index (κ1) is 22.9. The first-order valence-electron chi connectivity index (χ1n) is 12.5. The van der Waals surface area contributed by atoms with Gasteiger partial charge in [-0.2, -0.15) is 5.10 Å². The Morgan fingerprint density at radius 2 is 1.82 bits per heavy atom. The minimum absolute atomic E-state index is 0.00132. The van der Waals surface area contributed by atoms with Gasteiger partial charge >= 0.3 is 6.09 Å². The normalized spacial score (nSPS) is 27.8. The van der Waals surface area contributed by atoms with Crippen LogP contribution >= 0.6 is 0 Å². The average Bonchev–Trinajstić information content (AvgIpc) is 2.95. The molecule has 1 atom stereocenters. The lowest BCUT2D eigenvalue weighted by Gasteiger charge is -2.58. The van der Waals surface area contributed by atoms with E-state index in [1.54, 1.807) is 0 Å². The fraction of sp³-hybridized carbons (Fsp3) is 0.840. The number of nitrogens with zero attached hydrogens (tertiary/aromatic N) is 5. The fourth-order valence-electron chi connectivity index (χ4n) is 6.42. The number of hydrogen-bond acceptors (Lipinski definition) is 5. The molecule has 5 rings (SSSR count). The molecule has 3 aliphatic heterocycles. The molecule has 1 aliphatic carbocycles. The Morgan fingerprint density at radius 3 is 2.39 bits per heavy atom. The number of piperidine rings is 1. The molecule has 1 unspecified atom stereocenters. The van der Waals surface area contributed by atoms with Crippen LogP contribution in [0.1, 0.15) is 72.0 Å². The van der Waals surface area contributed by atoms with Crippen molar-refractivity contribution >= 4 is 11.9 Å². The number of halogens is 1. The third kappa shape index (κ3) is 4.24. The zero-order valence-electron chi connectivity index (χ0n) is 21.1. The van der Waals surface area contributed by atoms with Crippen molar-refractivity contribution in [1.29, 1.82) is 0 Å². The summed E-state index contributed by atoms with van der Waals surface area (Å²) in [7, 11) is 0. The first-order chi connectivity index (χ1) is 15.3. The third-order valence-corrected chi connectivity index (χ3v) is 8.11. The number of carbonyl (C=O) groups excluding carboxylic acids is 1. The number of amides is 1. The molecule has 4 heterocycles. The Kier molecular flexibility index (Phi) is 5.27. The van der Waals surface area contributed by atoms with E-state index in [0.29, 0.717) is 25.2 Å². The highest BCUT2D eigenvalue weighted by molar-refractivity contribution is 5.69. The van der Waals surface area contributed by atoms with Gasteiger partial charge in [-0.15, -0.1) is 0 Å². The minimum atomic E-state index is -0.637. The molecule has 0 aromatic carbocycles. The summed E-state index contributed by atoms with van der Waals surface area (Å²) < 4.78 is 21.1. The van der Waals surface area contributed by atoms with Crippen LogP contribution in [0.15, 0.2) is 6.07 Å². The zero-order valence-corrected chi connectivity index (χ0v) is 21.1. The predicted octanol–water partition coefficient (Wildman–Crippen LogP) is 4.16. The molecule has 1 aromatic rings. The Hall–Kier alpha value is -1.83. The van der Waals surface area contributed by atoms with Crippen LogP contribution in [0.2, 0.25) is 0 Å². The highest BCUT2D eigenvalue weighted by atomic mass is 19.1. The second-order valence-electron chi connectivity index (χ2n) is 12.6. The number of hydrogen-bond donors (Lipinski definition) is 0. The maximum atomic E-state index is 13.3. The maximum absolute atomic E-state index is 13.3. The number of anilines is 1. The summed E-state index contributed by atoms with van der Waals surface area (Å²) in [5.74, 6) is 1.06. The standard InChI is InChI=1S/C25H40FN5O2/c1-17-9-21(30-8-7-19(10-24(30,5)6)28-13-18(26)14-28)27-31(17)20-11-25(12-20)15-29(16-25)22(32)33-23(2,3)4/h9,18-20H,7-8,10-16H2,1-6H3. The van der Waals surface area contributed by atoms with Crippen molar-refractivity contribution in [3.63, 3.8) is 0 Å². The molecule has 33 heavy (non-hydrogen) atoms. The van der Waals surface area contributed by atoms with Crippen molar-refractivity contribution in [3.8, 4) is 0 Å². The van der Waals surface area contributed by atoms with Gasteiger partial charge in [0.2, 0.25) is 0 Å². The molecule has 184 valence electrons. The second-order valence-corrected chi connectivity index (χ2v) is 12.6. The van der Waals surface area contributed by atoms with E-state index < -0.39 is 11.8 Å². The molecule has 1 saturated carbocycles. The van der Waals surface area contributed by atoms with Crippen molar-refractivity contribution in [1.82, 2.24) is 19.6 Å². The van der Waals surface area contributed by atoms with Gasteiger partial charge in [0.25, 0.3) is 0 Å². The lowest BCUT2D eigenvalue weighted by molar-refractivity contribution is -0.0930. The predicted molar refractivity (Wildman–Crippen MR) is 126 cm³/mol. The van der Waals surface area contributed by atoms with E-state index >= 15 is 0 Å². The maximum Gasteiger partial charge on any atom is 0.410 e. The molecule has 3 saturated heterocycles. The molecule has 0 N–H and O–H groups in total. The van der Waals surface area contributed by atoms with Crippen molar-refractivity contribution < 1.29 is 13.9 Å². The smallest absolute Gasteiger partial charge is 0.410 e. The molecular weight excluding hydrogens is 421 g/mol. The lowest BCUT2D eigenvalue weighted by Crippen LogP contribution is -2.64. The van der Waals surface area contributed by atoms with Gasteiger partial charge in [-0.05, 0) is 67.2 Å². The topological polar surface area (TPSA) is 53.8 Å². The summed E-state index contributed by atoms with van der Waals surface area (Å²) in [6, 6.07) is 3.11. The van der Waals surface area contributed by atoms with Crippen LogP contribution in [0, 0.1) is 12.3 Å². The molecule has 7 nitrogen and oxygen atoms in total. The van der Waals surface area contributed by atoms with Gasteiger partial charge in [0, 0.05) is 61.5 Å². The minimum Gasteiger partial charge on any atom is -0.444 e. The highest BCUT2D eigenvalue weighted by Gasteiger charge is 2.55. The first-order valence-corrected chi connectivity index (χ1v) is 12.5. The van der Waals surface area contributed by atoms with E-state index in [0.717, 1.165) is 51.1 Å². The summed E-state index contributed by atoms with van der Waals surface area (Å²) in [5.41, 5.74) is 0.994. The van der Waals surface area contributed by atoms with E-state index in [4.69, 9.17) is 9.84 Å². The molecule has 0 radical (unpaired) electrons. The van der Waals surface area contributed by atoms with Crippen LogP contribution in [-0.2, 0) is 4.74 Å². The Bertz CT molecular complexity index is 902. The van der Waals surface area contributed by atoms with Crippen LogP contribution in [0.3, 0.4) is 0 Å². The summed E-state index contributed by atoms with van der Waals surface area (Å²) in [5, 5.41) is 5.06. The molecule has 0 bridgehead atoms. The van der Waals surface area contributed by atoms with Crippen molar-refractivity contribution in [2.45, 2.75) is 96.6 Å². The number of rotatable bonds is 3. The van der Waals surface area contributed by atoms with Crippen LogP contribution in [0.5, 0.6) is 0 Å². The molecule has 4 aliphatic rings. The number of ether oxygens (including phenoxy) is 1. The van der Waals surface area contributed by atoms with Gasteiger partial charge in [-0.25, -0.2) is 9.18 Å². The molecular formula is C25H40FN5O2. The average molecular weight is 462 g/mol. The summed E-state index contributed by atoms with van der Waals surface area (Å²) >= 11 is 0. The number of likely N-dealkylation sites (tertiary alicyclic amines) is 2. The Morgan fingerprint density at radius 1 is 1.15 bits per heavy atom. The number of alkyl halides is 1. The van der Waals surface area contributed by atoms with Crippen LogP contribution in [0.4, 0.5) is 15.0 Å². The summed E-state index contributed by atoms with van der Waals surface area (Å²) in [4.78, 5) is 18.9. The van der Waals surface area contributed by atoms with Gasteiger partial charge in [-0.3, -0.25) is 9.58 Å². The van der Waals surface area contributed by atoms with Gasteiger partial charge in [0.1, 0.15) is 11.8 Å². The van der Waals surface area contributed by atoms with Crippen LogP contribution in [0.25, 0.3) is 0 Å². The number of aromatic nitrogens is 2. The largest absolute Gasteiger partial charge is 0.444 e. The van der Waals surface area contributed by atoms with Crippen molar-refractivity contribution in [2.75, 3.05) is 37.6 Å². The van der Waals surface area contributed by atoms with Gasteiger partial charge in [0.05, 0.1) is 6.04 Å². The SMILES string of the molecule is Cc1cc(N2CCC(N3CC(F)C3)CC2(C)C)nn1C1CC2(C1)CN(C(=O)OC(C)(C)C)C2. The number of aryl methyl sites for hydroxylation is 1. The molecule has 1 spiro atoms. The monoisotopic (exact) mass is 461 g/mol. The fourth-order valence-corrected chi connectivity index (χ4v) is 6.42. The molecule has 1 amide bonds. The number of carbonyl (C=O) groups is 1. The Balaban J connectivity index is 1.18. The second kappa shape index (κ2) is 7.59. The van der Waals surface area contributed by atoms with E-state index in [9.17, 15) is 9.18 Å². The van der Waals surface area contributed by atoms with Crippen molar-refractivity contribution in [3.05, 3.63) is 11.8 Å². The van der Waals surface area contributed by atoms with Gasteiger partial charge in [0.15, 0.2) is 5.82 Å². The molecule has 8 heteroatoms. The van der Waals surface area contributed by atoms with Gasteiger partial charge in [-0.1, -0.05) is 0 Å². The van der Waals surface area contributed by atoms with Crippen LogP contribution < -0.4 is 4.90 Å². The van der Waals surface area contributed by atoms with E-state index in [1.165, 1.54) is 5.69 Å². The highest BCUT2D eigenvalue weighted by Crippen LogP contribution is 2.54.